The largest absolute Gasteiger partial charge is 0.497 e. The van der Waals surface area contributed by atoms with Gasteiger partial charge >= 0.3 is 0 Å². The molecule has 1 fully saturated rings. The first-order valence-electron chi connectivity index (χ1n) is 11.7. The Morgan fingerprint density at radius 3 is 2.34 bits per heavy atom. The van der Waals surface area contributed by atoms with Gasteiger partial charge in [0.25, 0.3) is 10.0 Å². The number of nitrogens with zero attached hydrogens (tertiary/aromatic N) is 2. The van der Waals surface area contributed by atoms with Crippen molar-refractivity contribution in [2.75, 3.05) is 7.11 Å². The number of hydrazine groups is 1. The van der Waals surface area contributed by atoms with E-state index in [-0.39, 0.29) is 16.6 Å². The minimum atomic E-state index is -3.97. The molecular formula is C28H25FN2O3S. The molecule has 35 heavy (non-hydrogen) atoms. The Hall–Kier alpha value is -3.58. The monoisotopic (exact) mass is 488 g/mol. The van der Waals surface area contributed by atoms with Crippen LogP contribution in [0.1, 0.15) is 41.1 Å². The predicted molar refractivity (Wildman–Crippen MR) is 133 cm³/mol. The van der Waals surface area contributed by atoms with E-state index >= 15 is 0 Å². The third kappa shape index (κ3) is 3.62. The summed E-state index contributed by atoms with van der Waals surface area (Å²) in [6.07, 6.45) is 5.95. The zero-order valence-electron chi connectivity index (χ0n) is 19.5. The topological polar surface area (TPSA) is 49.9 Å². The van der Waals surface area contributed by atoms with Crippen molar-refractivity contribution in [3.63, 3.8) is 0 Å². The second-order valence-corrected chi connectivity index (χ2v) is 11.0. The average Bonchev–Trinajstić information content (AvgIpc) is 3.62. The molecule has 1 aliphatic carbocycles. The van der Waals surface area contributed by atoms with Crippen molar-refractivity contribution >= 4 is 21.8 Å². The summed E-state index contributed by atoms with van der Waals surface area (Å²) in [6.45, 7) is 1.93. The molecule has 0 spiro atoms. The summed E-state index contributed by atoms with van der Waals surface area (Å²) < 4.78 is 49.5. The van der Waals surface area contributed by atoms with Crippen LogP contribution in [0.4, 0.5) is 4.39 Å². The molecule has 2 heterocycles. The molecule has 0 N–H and O–H groups in total. The maximum absolute atomic E-state index is 14.4. The quantitative estimate of drug-likeness (QED) is 0.448. The molecule has 1 atom stereocenters. The Morgan fingerprint density at radius 1 is 0.971 bits per heavy atom. The minimum absolute atomic E-state index is 0.211. The number of aryl methyl sites for hydroxylation is 1. The molecule has 0 amide bonds. The fraction of sp³-hybridized carbons (Fsp3) is 0.214. The maximum atomic E-state index is 14.4. The minimum Gasteiger partial charge on any atom is -0.497 e. The van der Waals surface area contributed by atoms with Crippen molar-refractivity contribution in [1.82, 2.24) is 9.42 Å². The molecule has 1 saturated carbocycles. The van der Waals surface area contributed by atoms with Gasteiger partial charge in [0.15, 0.2) is 0 Å². The highest BCUT2D eigenvalue weighted by atomic mass is 32.2. The van der Waals surface area contributed by atoms with E-state index in [9.17, 15) is 12.8 Å². The zero-order chi connectivity index (χ0) is 24.3. The molecule has 5 nitrogen and oxygen atoms in total. The lowest BCUT2D eigenvalue weighted by Gasteiger charge is -2.41. The van der Waals surface area contributed by atoms with E-state index in [1.54, 1.807) is 37.4 Å². The summed E-state index contributed by atoms with van der Waals surface area (Å²) in [5.41, 5.74) is 4.89. The number of hydrogen-bond donors (Lipinski definition) is 0. The number of benzene rings is 3. The highest BCUT2D eigenvalue weighted by Gasteiger charge is 2.48. The second kappa shape index (κ2) is 7.99. The molecule has 6 rings (SSSR count). The van der Waals surface area contributed by atoms with Crippen molar-refractivity contribution in [2.45, 2.75) is 30.7 Å². The number of allylic oxidation sites excluding steroid dienone is 1. The number of ether oxygens (including phenoxy) is 1. The van der Waals surface area contributed by atoms with Gasteiger partial charge in [-0.3, -0.25) is 5.01 Å². The second-order valence-electron chi connectivity index (χ2n) is 9.25. The summed E-state index contributed by atoms with van der Waals surface area (Å²) in [7, 11) is -2.37. The molecule has 0 radical (unpaired) electrons. The van der Waals surface area contributed by atoms with Crippen molar-refractivity contribution in [3.8, 4) is 5.75 Å². The normalized spacial score (nSPS) is 19.1. The van der Waals surface area contributed by atoms with Crippen molar-refractivity contribution in [1.29, 1.82) is 0 Å². The summed E-state index contributed by atoms with van der Waals surface area (Å²) in [5, 5.41) is 1.86. The van der Waals surface area contributed by atoms with Crippen molar-refractivity contribution < 1.29 is 17.5 Å². The van der Waals surface area contributed by atoms with E-state index in [0.717, 1.165) is 40.8 Å². The molecule has 1 unspecified atom stereocenters. The highest BCUT2D eigenvalue weighted by molar-refractivity contribution is 7.89. The molecule has 3 aliphatic rings. The first-order chi connectivity index (χ1) is 16.9. The number of halogens is 1. The SMILES string of the molecule is COc1ccc(C2=CC3c4cc(F)ccc4C=C(C4CC4)N3N2S(=O)(=O)c2ccc(C)cc2)cc1. The number of sulfonamides is 1. The Morgan fingerprint density at radius 2 is 1.69 bits per heavy atom. The van der Waals surface area contributed by atoms with Crippen LogP contribution >= 0.6 is 0 Å². The number of rotatable bonds is 5. The Labute approximate surface area is 204 Å². The predicted octanol–water partition coefficient (Wildman–Crippen LogP) is 5.91. The van der Waals surface area contributed by atoms with Crippen LogP contribution in [0.15, 0.2) is 83.4 Å². The van der Waals surface area contributed by atoms with Gasteiger partial charge in [0, 0.05) is 17.2 Å². The number of hydrogen-bond acceptors (Lipinski definition) is 4. The molecular weight excluding hydrogens is 463 g/mol. The van der Waals surface area contributed by atoms with Crippen LogP contribution in [0.3, 0.4) is 0 Å². The number of fused-ring (bicyclic) bond motifs is 3. The van der Waals surface area contributed by atoms with Gasteiger partial charge in [0.05, 0.1) is 23.7 Å². The number of methoxy groups -OCH3 is 1. The summed E-state index contributed by atoms with van der Waals surface area (Å²) >= 11 is 0. The van der Waals surface area contributed by atoms with E-state index in [1.807, 2.05) is 48.4 Å². The van der Waals surface area contributed by atoms with Crippen LogP contribution in [-0.4, -0.2) is 25.0 Å². The third-order valence-electron chi connectivity index (χ3n) is 6.84. The van der Waals surface area contributed by atoms with E-state index in [0.29, 0.717) is 11.4 Å². The van der Waals surface area contributed by atoms with E-state index in [2.05, 4.69) is 0 Å². The van der Waals surface area contributed by atoms with E-state index < -0.39 is 16.1 Å². The molecule has 0 bridgehead atoms. The Balaban J connectivity index is 1.57. The summed E-state index contributed by atoms with van der Waals surface area (Å²) in [4.78, 5) is 0.211. The fourth-order valence-corrected chi connectivity index (χ4v) is 6.40. The molecule has 0 aromatic heterocycles. The summed E-state index contributed by atoms with van der Waals surface area (Å²) in [6, 6.07) is 18.5. The average molecular weight is 489 g/mol. The third-order valence-corrected chi connectivity index (χ3v) is 8.54. The molecule has 3 aromatic carbocycles. The molecule has 2 aliphatic heterocycles. The molecule has 0 saturated heterocycles. The van der Waals surface area contributed by atoms with E-state index in [4.69, 9.17) is 4.74 Å². The maximum Gasteiger partial charge on any atom is 0.281 e. The first kappa shape index (κ1) is 21.9. The molecule has 3 aromatic rings. The smallest absolute Gasteiger partial charge is 0.281 e. The van der Waals surface area contributed by atoms with Gasteiger partial charge in [-0.2, -0.15) is 12.8 Å². The molecule has 178 valence electrons. The van der Waals surface area contributed by atoms with Crippen LogP contribution in [0.2, 0.25) is 0 Å². The lowest BCUT2D eigenvalue weighted by atomic mass is 9.93. The van der Waals surface area contributed by atoms with E-state index in [1.165, 1.54) is 16.5 Å². The lowest BCUT2D eigenvalue weighted by Crippen LogP contribution is -2.43. The van der Waals surface area contributed by atoms with Crippen LogP contribution in [-0.2, 0) is 10.0 Å². The van der Waals surface area contributed by atoms with Crippen molar-refractivity contribution in [2.24, 2.45) is 5.92 Å². The van der Waals surface area contributed by atoms with Crippen LogP contribution < -0.4 is 4.74 Å². The zero-order valence-corrected chi connectivity index (χ0v) is 20.3. The van der Waals surface area contributed by atoms with Gasteiger partial charge < -0.3 is 4.74 Å². The van der Waals surface area contributed by atoms with Gasteiger partial charge in [-0.05, 0) is 91.6 Å². The summed E-state index contributed by atoms with van der Waals surface area (Å²) in [5.74, 6) is 0.616. The molecule has 7 heteroatoms. The first-order valence-corrected chi connectivity index (χ1v) is 13.1. The van der Waals surface area contributed by atoms with Gasteiger partial charge in [0.1, 0.15) is 11.6 Å². The van der Waals surface area contributed by atoms with Gasteiger partial charge in [-0.1, -0.05) is 23.8 Å². The standard InChI is InChI=1S/C28H25FN2O3S/c1-18-3-13-24(14-4-18)35(32,33)31-27(20-8-11-23(34-2)12-9-20)17-28-25-16-22(29)10-7-21(25)15-26(30(28)31)19-5-6-19/h3-4,7-17,19,28H,5-6H2,1-2H3. The highest BCUT2D eigenvalue weighted by Crippen LogP contribution is 2.53. The van der Waals surface area contributed by atoms with Crippen molar-refractivity contribution in [3.05, 3.63) is 107 Å². The lowest BCUT2D eigenvalue weighted by molar-refractivity contribution is 0.139. The Kier molecular flexibility index (Phi) is 5.00. The van der Waals surface area contributed by atoms with Crippen LogP contribution in [0.5, 0.6) is 5.75 Å². The van der Waals surface area contributed by atoms with Crippen LogP contribution in [0.25, 0.3) is 11.8 Å². The van der Waals surface area contributed by atoms with Crippen LogP contribution in [0, 0.1) is 18.7 Å². The van der Waals surface area contributed by atoms with Gasteiger partial charge in [-0.15, -0.1) is 0 Å². The fourth-order valence-electron chi connectivity index (χ4n) is 4.87. The Bertz CT molecular complexity index is 1470. The van der Waals surface area contributed by atoms with Gasteiger partial charge in [-0.25, -0.2) is 4.39 Å². The van der Waals surface area contributed by atoms with Gasteiger partial charge in [0.2, 0.25) is 0 Å².